The number of benzene rings is 1. The maximum atomic E-state index is 13.0. The number of aromatic nitrogens is 1. The van der Waals surface area contributed by atoms with E-state index in [-0.39, 0.29) is 30.9 Å². The number of pyridine rings is 1. The Morgan fingerprint density at radius 3 is 2.38 bits per heavy atom. The van der Waals surface area contributed by atoms with Crippen molar-refractivity contribution in [3.05, 3.63) is 69.6 Å². The van der Waals surface area contributed by atoms with Crippen LogP contribution in [0.5, 0.6) is 5.75 Å². The Kier molecular flexibility index (Phi) is 6.78. The predicted octanol–water partition coefficient (Wildman–Crippen LogP) is 3.50. The number of aliphatic hydroxyl groups excluding tert-OH is 1. The van der Waals surface area contributed by atoms with Gasteiger partial charge in [-0.25, -0.2) is 0 Å². The summed E-state index contributed by atoms with van der Waals surface area (Å²) >= 11 is 0. The van der Waals surface area contributed by atoms with Crippen LogP contribution in [0, 0.1) is 5.41 Å². The lowest BCUT2D eigenvalue weighted by molar-refractivity contribution is -0.137. The molecule has 1 aromatic carbocycles. The minimum Gasteiger partial charge on any atom is -0.487 e. The number of carbonyl (C=O) groups excluding carboxylic acids is 1. The highest BCUT2D eigenvalue weighted by Gasteiger charge is 2.30. The smallest absolute Gasteiger partial charge is 0.416 e. The van der Waals surface area contributed by atoms with Crippen LogP contribution in [-0.4, -0.2) is 35.3 Å². The summed E-state index contributed by atoms with van der Waals surface area (Å²) in [7, 11) is 0. The molecule has 0 bridgehead atoms. The Morgan fingerprint density at radius 1 is 1.16 bits per heavy atom. The van der Waals surface area contributed by atoms with E-state index in [1.54, 1.807) is 26.0 Å². The van der Waals surface area contributed by atoms with Crippen LogP contribution >= 0.6 is 0 Å². The Hall–Kier alpha value is -3.07. The summed E-state index contributed by atoms with van der Waals surface area (Å²) in [6.45, 7) is 3.59. The highest BCUT2D eigenvalue weighted by molar-refractivity contribution is 5.82. The molecular formula is C23H25F3N2O4. The molecular weight excluding hydrogens is 425 g/mol. The Morgan fingerprint density at radius 2 is 1.84 bits per heavy atom. The number of aliphatic hydroxyl groups is 1. The normalized spacial score (nSPS) is 17.4. The summed E-state index contributed by atoms with van der Waals surface area (Å²) in [6.07, 6.45) is -1.83. The van der Waals surface area contributed by atoms with Gasteiger partial charge in [0.05, 0.1) is 18.8 Å². The number of ether oxygens (including phenoxy) is 1. The van der Waals surface area contributed by atoms with Crippen LogP contribution in [0.3, 0.4) is 0 Å². The van der Waals surface area contributed by atoms with E-state index in [4.69, 9.17) is 4.74 Å². The van der Waals surface area contributed by atoms with Crippen LogP contribution in [0.15, 0.2) is 47.3 Å². The van der Waals surface area contributed by atoms with E-state index < -0.39 is 22.7 Å². The first-order valence-electron chi connectivity index (χ1n) is 10.1. The zero-order chi connectivity index (χ0) is 23.5. The highest BCUT2D eigenvalue weighted by atomic mass is 19.4. The van der Waals surface area contributed by atoms with Crippen LogP contribution in [0.25, 0.3) is 5.57 Å². The van der Waals surface area contributed by atoms with Gasteiger partial charge < -0.3 is 20.1 Å². The molecule has 32 heavy (non-hydrogen) atoms. The quantitative estimate of drug-likeness (QED) is 0.602. The highest BCUT2D eigenvalue weighted by Crippen LogP contribution is 2.31. The van der Waals surface area contributed by atoms with Gasteiger partial charge in [-0.1, -0.05) is 32.1 Å². The Bertz CT molecular complexity index is 1060. The largest absolute Gasteiger partial charge is 0.487 e. The van der Waals surface area contributed by atoms with Gasteiger partial charge in [0.15, 0.2) is 5.75 Å². The molecule has 1 aliphatic rings. The first-order chi connectivity index (χ1) is 15.0. The molecule has 0 unspecified atom stereocenters. The lowest BCUT2D eigenvalue weighted by Crippen LogP contribution is -2.27. The van der Waals surface area contributed by atoms with Gasteiger partial charge in [0.1, 0.15) is 0 Å². The second-order valence-electron chi connectivity index (χ2n) is 8.54. The zero-order valence-electron chi connectivity index (χ0n) is 17.8. The summed E-state index contributed by atoms with van der Waals surface area (Å²) in [6, 6.07) is 7.39. The van der Waals surface area contributed by atoms with Gasteiger partial charge in [0.25, 0.3) is 5.56 Å². The molecule has 0 saturated carbocycles. The zero-order valence-corrected chi connectivity index (χ0v) is 17.8. The average Bonchev–Trinajstić information content (AvgIpc) is 3.15. The summed E-state index contributed by atoms with van der Waals surface area (Å²) in [5.74, 6) is -0.0435. The van der Waals surface area contributed by atoms with E-state index in [0.717, 1.165) is 12.1 Å². The third-order valence-electron chi connectivity index (χ3n) is 5.13. The number of hydrogen-bond donors (Lipinski definition) is 3. The number of carbonyl (C=O) groups is 1. The van der Waals surface area contributed by atoms with Crippen LogP contribution in [-0.2, 0) is 11.0 Å². The molecule has 0 radical (unpaired) electrons. The fraction of sp³-hybridized carbons (Fsp3) is 0.391. The third kappa shape index (κ3) is 5.79. The molecule has 0 aliphatic carbocycles. The van der Waals surface area contributed by atoms with Crippen molar-refractivity contribution in [2.24, 2.45) is 5.41 Å². The third-order valence-corrected chi connectivity index (χ3v) is 5.13. The number of H-pyrrole nitrogens is 1. The van der Waals surface area contributed by atoms with Crippen molar-refractivity contribution < 1.29 is 27.8 Å². The van der Waals surface area contributed by atoms with Crippen LogP contribution in [0.4, 0.5) is 13.2 Å². The number of nitrogens with one attached hydrogen (secondary N) is 2. The van der Waals surface area contributed by atoms with E-state index in [0.29, 0.717) is 29.7 Å². The van der Waals surface area contributed by atoms with E-state index in [2.05, 4.69) is 10.3 Å². The minimum absolute atomic E-state index is 0.0659. The molecule has 3 rings (SSSR count). The molecule has 1 atom stereocenters. The van der Waals surface area contributed by atoms with E-state index in [1.165, 1.54) is 18.2 Å². The SMILES string of the molecule is CC(C)(CO)COc1ccc(/C(=C/[C@H]2CCC(=O)N2)c2ccc(C(F)(F)F)cc2)[nH]c1=O. The molecule has 1 aromatic heterocycles. The Labute approximate surface area is 183 Å². The molecule has 172 valence electrons. The summed E-state index contributed by atoms with van der Waals surface area (Å²) < 4.78 is 44.4. The predicted molar refractivity (Wildman–Crippen MR) is 113 cm³/mol. The van der Waals surface area contributed by atoms with Crippen molar-refractivity contribution in [1.82, 2.24) is 10.3 Å². The maximum Gasteiger partial charge on any atom is 0.416 e. The van der Waals surface area contributed by atoms with Crippen LogP contribution in [0.1, 0.15) is 43.5 Å². The van der Waals surface area contributed by atoms with Crippen molar-refractivity contribution in [1.29, 1.82) is 0 Å². The van der Waals surface area contributed by atoms with Crippen LogP contribution in [0.2, 0.25) is 0 Å². The lowest BCUT2D eigenvalue weighted by Gasteiger charge is -2.21. The van der Waals surface area contributed by atoms with Crippen molar-refractivity contribution in [2.45, 2.75) is 38.9 Å². The molecule has 6 nitrogen and oxygen atoms in total. The standard InChI is InChI=1S/C23H25F3N2O4/c1-22(2,12-29)13-32-19-9-8-18(28-21(19)31)17(11-16-7-10-20(30)27-16)14-3-5-15(6-4-14)23(24,25)26/h3-6,8-9,11,16,29H,7,10,12-13H2,1-2H3,(H,27,30)(H,28,31)/b17-11+/t16-/m1/s1. The van der Waals surface area contributed by atoms with E-state index >= 15 is 0 Å². The fourth-order valence-corrected chi connectivity index (χ4v) is 3.19. The van der Waals surface area contributed by atoms with Crippen molar-refractivity contribution >= 4 is 11.5 Å². The van der Waals surface area contributed by atoms with Gasteiger partial charge in [-0.15, -0.1) is 0 Å². The average molecular weight is 450 g/mol. The van der Waals surface area contributed by atoms with Gasteiger partial charge >= 0.3 is 6.18 Å². The summed E-state index contributed by atoms with van der Waals surface area (Å²) in [5.41, 5.74) is -0.486. The number of halogens is 3. The van der Waals surface area contributed by atoms with Gasteiger partial charge in [-0.05, 0) is 36.2 Å². The fourth-order valence-electron chi connectivity index (χ4n) is 3.19. The number of amides is 1. The van der Waals surface area contributed by atoms with Crippen molar-refractivity contribution in [3.8, 4) is 5.75 Å². The van der Waals surface area contributed by atoms with Crippen molar-refractivity contribution in [3.63, 3.8) is 0 Å². The van der Waals surface area contributed by atoms with Crippen molar-refractivity contribution in [2.75, 3.05) is 13.2 Å². The van der Waals surface area contributed by atoms with Gasteiger partial charge in [-0.2, -0.15) is 13.2 Å². The first kappa shape index (κ1) is 23.6. The molecule has 0 spiro atoms. The van der Waals surface area contributed by atoms with Gasteiger partial charge in [-0.3, -0.25) is 9.59 Å². The second kappa shape index (κ2) is 9.20. The summed E-state index contributed by atoms with van der Waals surface area (Å²) in [4.78, 5) is 26.9. The molecule has 2 heterocycles. The molecule has 2 aromatic rings. The second-order valence-corrected chi connectivity index (χ2v) is 8.54. The first-order valence-corrected chi connectivity index (χ1v) is 10.1. The van der Waals surface area contributed by atoms with E-state index in [1.807, 2.05) is 0 Å². The topological polar surface area (TPSA) is 91.4 Å². The molecule has 9 heteroatoms. The number of rotatable bonds is 7. The summed E-state index contributed by atoms with van der Waals surface area (Å²) in [5, 5.41) is 12.1. The Balaban J connectivity index is 1.95. The lowest BCUT2D eigenvalue weighted by atomic mass is 9.96. The van der Waals surface area contributed by atoms with Crippen LogP contribution < -0.4 is 15.6 Å². The monoisotopic (exact) mass is 450 g/mol. The maximum absolute atomic E-state index is 13.0. The molecule has 1 fully saturated rings. The molecule has 3 N–H and O–H groups in total. The van der Waals surface area contributed by atoms with E-state index in [9.17, 15) is 27.9 Å². The molecule has 1 saturated heterocycles. The number of hydrogen-bond acceptors (Lipinski definition) is 4. The molecule has 1 amide bonds. The van der Waals surface area contributed by atoms with Gasteiger partial charge in [0.2, 0.25) is 5.91 Å². The number of alkyl halides is 3. The number of aromatic amines is 1. The molecule has 1 aliphatic heterocycles. The van der Waals surface area contributed by atoms with Gasteiger partial charge in [0, 0.05) is 29.1 Å². The minimum atomic E-state index is -4.46.